The molecule has 0 aromatic carbocycles. The normalized spacial score (nSPS) is 21.4. The van der Waals surface area contributed by atoms with Gasteiger partial charge in [0.2, 0.25) is 0 Å². The fourth-order valence-electron chi connectivity index (χ4n) is 0.495. The third-order valence-electron chi connectivity index (χ3n) is 0.901. The lowest BCUT2D eigenvalue weighted by atomic mass is 10.5. The van der Waals surface area contributed by atoms with Crippen molar-refractivity contribution in [2.24, 2.45) is 4.99 Å². The summed E-state index contributed by atoms with van der Waals surface area (Å²) in [6.07, 6.45) is 7.38. The van der Waals surface area contributed by atoms with E-state index in [0.717, 1.165) is 5.82 Å². The number of allylic oxidation sites excluding steroid dienone is 2. The van der Waals surface area contributed by atoms with Crippen molar-refractivity contribution >= 4 is 6.21 Å². The minimum atomic E-state index is 0.910. The maximum Gasteiger partial charge on any atom is 0.125 e. The van der Waals surface area contributed by atoms with Gasteiger partial charge in [0.25, 0.3) is 0 Å². The Labute approximate surface area is 48.6 Å². The Bertz CT molecular complexity index is 154. The van der Waals surface area contributed by atoms with Crippen molar-refractivity contribution < 1.29 is 0 Å². The fourth-order valence-corrected chi connectivity index (χ4v) is 0.495. The largest absolute Gasteiger partial charge is 0.347 e. The Kier molecular flexibility index (Phi) is 1.47. The molecule has 2 heteroatoms. The lowest BCUT2D eigenvalue weighted by Crippen LogP contribution is -2.05. The first-order valence-corrected chi connectivity index (χ1v) is 2.55. The second-order valence-corrected chi connectivity index (χ2v) is 1.46. The maximum absolute atomic E-state index is 3.99. The summed E-state index contributed by atoms with van der Waals surface area (Å²) in [5.41, 5.74) is 0. The molecule has 8 heavy (non-hydrogen) atoms. The predicted octanol–water partition coefficient (Wildman–Crippen LogP) is 1.04. The molecule has 0 aromatic rings. The molecule has 0 saturated carbocycles. The van der Waals surface area contributed by atoms with E-state index in [2.05, 4.69) is 10.3 Å². The van der Waals surface area contributed by atoms with Gasteiger partial charge in [-0.1, -0.05) is 0 Å². The summed E-state index contributed by atoms with van der Waals surface area (Å²) in [7, 11) is 0. The first-order valence-electron chi connectivity index (χ1n) is 2.55. The van der Waals surface area contributed by atoms with Crippen molar-refractivity contribution in [1.82, 2.24) is 5.32 Å². The molecule has 0 amide bonds. The summed E-state index contributed by atoms with van der Waals surface area (Å²) in [5.74, 6) is 0.910. The van der Waals surface area contributed by atoms with Gasteiger partial charge in [-0.3, -0.25) is 0 Å². The van der Waals surface area contributed by atoms with E-state index in [1.54, 1.807) is 6.21 Å². The summed E-state index contributed by atoms with van der Waals surface area (Å²) in [6, 6.07) is 0. The molecule has 1 heterocycles. The predicted molar refractivity (Wildman–Crippen MR) is 34.5 cm³/mol. The van der Waals surface area contributed by atoms with Gasteiger partial charge in [0.1, 0.15) is 5.82 Å². The van der Waals surface area contributed by atoms with Gasteiger partial charge < -0.3 is 5.32 Å². The molecule has 0 unspecified atom stereocenters. The number of aliphatic imine (C=N–C) groups is 1. The summed E-state index contributed by atoms with van der Waals surface area (Å²) in [6.45, 7) is 1.94. The van der Waals surface area contributed by atoms with E-state index in [9.17, 15) is 0 Å². The van der Waals surface area contributed by atoms with Crippen LogP contribution in [0, 0.1) is 0 Å². The highest BCUT2D eigenvalue weighted by Crippen LogP contribution is 1.92. The van der Waals surface area contributed by atoms with Crippen LogP contribution in [0.4, 0.5) is 0 Å². The molecule has 0 spiro atoms. The minimum absolute atomic E-state index is 0.910. The molecule has 1 aliphatic rings. The zero-order valence-electron chi connectivity index (χ0n) is 4.76. The standard InChI is InChI=1S/C6H8N2/c1-2-6-7-4-3-5-8-6/h2-5,7H,1H3. The Morgan fingerprint density at radius 3 is 3.00 bits per heavy atom. The lowest BCUT2D eigenvalue weighted by molar-refractivity contribution is 1.01. The van der Waals surface area contributed by atoms with Crippen molar-refractivity contribution in [3.63, 3.8) is 0 Å². The Balaban J connectivity index is 2.66. The molecule has 0 saturated heterocycles. The molecular weight excluding hydrogens is 100 g/mol. The van der Waals surface area contributed by atoms with Crippen molar-refractivity contribution in [3.8, 4) is 0 Å². The van der Waals surface area contributed by atoms with E-state index in [-0.39, 0.29) is 0 Å². The number of nitrogens with zero attached hydrogens (tertiary/aromatic N) is 1. The highest BCUT2D eigenvalue weighted by atomic mass is 15.0. The van der Waals surface area contributed by atoms with Crippen LogP contribution >= 0.6 is 0 Å². The van der Waals surface area contributed by atoms with Crippen LogP contribution < -0.4 is 5.32 Å². The molecule has 0 bridgehead atoms. The summed E-state index contributed by atoms with van der Waals surface area (Å²) >= 11 is 0. The van der Waals surface area contributed by atoms with Gasteiger partial charge in [0.05, 0.1) is 0 Å². The van der Waals surface area contributed by atoms with E-state index in [1.807, 2.05) is 25.3 Å². The number of rotatable bonds is 0. The van der Waals surface area contributed by atoms with Crippen LogP contribution in [-0.4, -0.2) is 6.21 Å². The average molecular weight is 108 g/mol. The second-order valence-electron chi connectivity index (χ2n) is 1.46. The highest BCUT2D eigenvalue weighted by Gasteiger charge is 1.86. The minimum Gasteiger partial charge on any atom is -0.347 e. The molecule has 1 N–H and O–H groups in total. The summed E-state index contributed by atoms with van der Waals surface area (Å²) in [5, 5.41) is 2.95. The van der Waals surface area contributed by atoms with Crippen molar-refractivity contribution in [3.05, 3.63) is 24.2 Å². The van der Waals surface area contributed by atoms with Gasteiger partial charge in [-0.25, -0.2) is 4.99 Å². The average Bonchev–Trinajstić information content (AvgIpc) is 1.90. The van der Waals surface area contributed by atoms with E-state index >= 15 is 0 Å². The molecule has 0 radical (unpaired) electrons. The monoisotopic (exact) mass is 108 g/mol. The van der Waals surface area contributed by atoms with Gasteiger partial charge >= 0.3 is 0 Å². The summed E-state index contributed by atoms with van der Waals surface area (Å²) in [4.78, 5) is 3.99. The Morgan fingerprint density at radius 1 is 1.75 bits per heavy atom. The van der Waals surface area contributed by atoms with E-state index in [1.165, 1.54) is 0 Å². The zero-order valence-corrected chi connectivity index (χ0v) is 4.76. The molecule has 2 nitrogen and oxygen atoms in total. The van der Waals surface area contributed by atoms with Gasteiger partial charge in [-0.15, -0.1) is 0 Å². The van der Waals surface area contributed by atoms with Crippen LogP contribution in [0.15, 0.2) is 29.2 Å². The molecule has 0 aliphatic carbocycles. The third-order valence-corrected chi connectivity index (χ3v) is 0.901. The SMILES string of the molecule is CC=C1N=CC=CN1. The van der Waals surface area contributed by atoms with Crippen LogP contribution in [0.1, 0.15) is 6.92 Å². The van der Waals surface area contributed by atoms with Gasteiger partial charge in [0.15, 0.2) is 0 Å². The first kappa shape index (κ1) is 5.09. The smallest absolute Gasteiger partial charge is 0.125 e. The van der Waals surface area contributed by atoms with Crippen LogP contribution in [0.2, 0.25) is 0 Å². The van der Waals surface area contributed by atoms with E-state index in [4.69, 9.17) is 0 Å². The highest BCUT2D eigenvalue weighted by molar-refractivity contribution is 5.73. The topological polar surface area (TPSA) is 24.4 Å². The third kappa shape index (κ3) is 0.964. The molecule has 1 rings (SSSR count). The summed E-state index contributed by atoms with van der Waals surface area (Å²) < 4.78 is 0. The molecule has 0 fully saturated rings. The Hall–Kier alpha value is -1.05. The van der Waals surface area contributed by atoms with Crippen molar-refractivity contribution in [2.45, 2.75) is 6.92 Å². The fraction of sp³-hybridized carbons (Fsp3) is 0.167. The van der Waals surface area contributed by atoms with E-state index in [0.29, 0.717) is 0 Å². The Morgan fingerprint density at radius 2 is 2.62 bits per heavy atom. The van der Waals surface area contributed by atoms with Crippen LogP contribution in [-0.2, 0) is 0 Å². The quantitative estimate of drug-likeness (QED) is 0.492. The van der Waals surface area contributed by atoms with Crippen molar-refractivity contribution in [1.29, 1.82) is 0 Å². The zero-order chi connectivity index (χ0) is 5.82. The number of hydrogen-bond donors (Lipinski definition) is 1. The molecular formula is C6H8N2. The van der Waals surface area contributed by atoms with Crippen LogP contribution in [0.5, 0.6) is 0 Å². The lowest BCUT2D eigenvalue weighted by Gasteiger charge is -2.00. The number of nitrogens with one attached hydrogen (secondary N) is 1. The maximum atomic E-state index is 3.99. The van der Waals surface area contributed by atoms with Gasteiger partial charge in [-0.2, -0.15) is 0 Å². The molecule has 0 aromatic heterocycles. The molecule has 1 aliphatic heterocycles. The van der Waals surface area contributed by atoms with Gasteiger partial charge in [0, 0.05) is 12.4 Å². The van der Waals surface area contributed by atoms with Gasteiger partial charge in [-0.05, 0) is 19.1 Å². The second kappa shape index (κ2) is 2.31. The van der Waals surface area contributed by atoms with Crippen LogP contribution in [0.25, 0.3) is 0 Å². The van der Waals surface area contributed by atoms with Crippen molar-refractivity contribution in [2.75, 3.05) is 0 Å². The number of hydrogen-bond acceptors (Lipinski definition) is 2. The molecule has 0 atom stereocenters. The first-order chi connectivity index (χ1) is 3.93. The molecule has 42 valence electrons. The van der Waals surface area contributed by atoms with Crippen LogP contribution in [0.3, 0.4) is 0 Å². The van der Waals surface area contributed by atoms with E-state index < -0.39 is 0 Å².